The lowest BCUT2D eigenvalue weighted by Crippen LogP contribution is -2.44. The number of halogens is 3. The van der Waals surface area contributed by atoms with Gasteiger partial charge in [0.05, 0.1) is 37.1 Å². The molecule has 2 saturated heterocycles. The maximum atomic E-state index is 13.1. The minimum Gasteiger partial charge on any atom is -0.494 e. The van der Waals surface area contributed by atoms with Crippen molar-refractivity contribution in [2.45, 2.75) is 70.4 Å². The van der Waals surface area contributed by atoms with E-state index in [1.807, 2.05) is 31.6 Å². The number of pyridine rings is 1. The zero-order chi connectivity index (χ0) is 33.1. The number of fused-ring (bicyclic) bond motifs is 1. The number of carbonyl (C=O) groups is 2. The van der Waals surface area contributed by atoms with E-state index in [4.69, 9.17) is 19.3 Å². The maximum Gasteiger partial charge on any atom is 0.433 e. The summed E-state index contributed by atoms with van der Waals surface area (Å²) in [5.41, 5.74) is -1.00. The highest BCUT2D eigenvalue weighted by molar-refractivity contribution is 6.05. The molecule has 5 rings (SSSR count). The standard InChI is InChI=1S/C32H41F3N6O5/c1-31(2,3)46-30(43)40-14-10-23(11-15-40)45-17-16-39-12-8-22(9-13-39)41-20-21-18-26(27(44-4)19-25(21)38-41)37-29(42)24-6-5-7-28(36-24)32(33,34)35/h5-7,18-20,22-23H,8-17H2,1-4H3,(H,37,42). The highest BCUT2D eigenvalue weighted by Crippen LogP contribution is 2.33. The number of benzene rings is 1. The summed E-state index contributed by atoms with van der Waals surface area (Å²) in [5, 5.41) is 8.15. The van der Waals surface area contributed by atoms with E-state index in [9.17, 15) is 22.8 Å². The van der Waals surface area contributed by atoms with Crippen molar-refractivity contribution in [1.29, 1.82) is 0 Å². The average molecular weight is 647 g/mol. The lowest BCUT2D eigenvalue weighted by atomic mass is 10.1. The quantitative estimate of drug-likeness (QED) is 0.329. The number of nitrogens with one attached hydrogen (secondary N) is 1. The van der Waals surface area contributed by atoms with Crippen molar-refractivity contribution in [2.75, 3.05) is 51.8 Å². The molecule has 4 heterocycles. The Morgan fingerprint density at radius 3 is 2.39 bits per heavy atom. The number of anilines is 1. The summed E-state index contributed by atoms with van der Waals surface area (Å²) in [6, 6.07) is 6.78. The SMILES string of the molecule is COc1cc2nn(C3CCN(CCOC4CCN(C(=O)OC(C)(C)C)CC4)CC3)cc2cc1NC(=O)c1cccc(C(F)(F)F)n1. The summed E-state index contributed by atoms with van der Waals surface area (Å²) in [4.78, 5) is 32.7. The number of nitrogens with zero attached hydrogens (tertiary/aromatic N) is 5. The molecule has 14 heteroatoms. The van der Waals surface area contributed by atoms with Crippen molar-refractivity contribution in [3.8, 4) is 5.75 Å². The van der Waals surface area contributed by atoms with Gasteiger partial charge >= 0.3 is 12.3 Å². The van der Waals surface area contributed by atoms with E-state index >= 15 is 0 Å². The molecule has 0 bridgehead atoms. The molecule has 2 aliphatic heterocycles. The number of methoxy groups -OCH3 is 1. The molecular formula is C32H41F3N6O5. The van der Waals surface area contributed by atoms with Gasteiger partial charge in [0.25, 0.3) is 5.91 Å². The molecule has 1 N–H and O–H groups in total. The van der Waals surface area contributed by atoms with Crippen LogP contribution in [0.3, 0.4) is 0 Å². The Kier molecular flexibility index (Phi) is 10.1. The minimum atomic E-state index is -4.66. The Hall–Kier alpha value is -3.91. The van der Waals surface area contributed by atoms with Gasteiger partial charge in [-0.1, -0.05) is 6.07 Å². The van der Waals surface area contributed by atoms with Gasteiger partial charge in [-0.25, -0.2) is 9.78 Å². The molecule has 0 spiro atoms. The molecule has 2 fully saturated rings. The number of amides is 2. The van der Waals surface area contributed by atoms with Gasteiger partial charge in [0, 0.05) is 50.4 Å². The van der Waals surface area contributed by atoms with Gasteiger partial charge < -0.3 is 29.3 Å². The van der Waals surface area contributed by atoms with Crippen LogP contribution in [0, 0.1) is 0 Å². The smallest absolute Gasteiger partial charge is 0.433 e. The lowest BCUT2D eigenvalue weighted by Gasteiger charge is -2.34. The molecule has 2 aromatic heterocycles. The van der Waals surface area contributed by atoms with Crippen LogP contribution < -0.4 is 10.1 Å². The van der Waals surface area contributed by atoms with E-state index in [1.165, 1.54) is 13.2 Å². The Morgan fingerprint density at radius 1 is 1.02 bits per heavy atom. The summed E-state index contributed by atoms with van der Waals surface area (Å²) < 4.78 is 58.2. The normalized spacial score (nSPS) is 17.3. The van der Waals surface area contributed by atoms with Gasteiger partial charge in [0.15, 0.2) is 0 Å². The number of hydrogen-bond donors (Lipinski definition) is 1. The summed E-state index contributed by atoms with van der Waals surface area (Å²) in [6.07, 6.45) is 0.542. The summed E-state index contributed by atoms with van der Waals surface area (Å²) in [5.74, 6) is -0.442. The van der Waals surface area contributed by atoms with Crippen molar-refractivity contribution < 1.29 is 37.0 Å². The first-order chi connectivity index (χ1) is 21.8. The molecule has 1 aromatic carbocycles. The number of piperidine rings is 2. The molecule has 46 heavy (non-hydrogen) atoms. The van der Waals surface area contributed by atoms with E-state index in [2.05, 4.69) is 15.2 Å². The van der Waals surface area contributed by atoms with E-state index < -0.39 is 23.4 Å². The van der Waals surface area contributed by atoms with E-state index in [-0.39, 0.29) is 23.9 Å². The number of alkyl halides is 3. The van der Waals surface area contributed by atoms with Crippen LogP contribution in [-0.2, 0) is 15.7 Å². The molecule has 2 amide bonds. The lowest BCUT2D eigenvalue weighted by molar-refractivity contribution is -0.141. The van der Waals surface area contributed by atoms with Crippen molar-refractivity contribution in [3.63, 3.8) is 0 Å². The van der Waals surface area contributed by atoms with E-state index in [1.54, 1.807) is 17.0 Å². The molecule has 0 unspecified atom stereocenters. The fourth-order valence-corrected chi connectivity index (χ4v) is 5.72. The Morgan fingerprint density at radius 2 is 1.74 bits per heavy atom. The van der Waals surface area contributed by atoms with Crippen molar-refractivity contribution in [2.24, 2.45) is 0 Å². The van der Waals surface area contributed by atoms with Crippen molar-refractivity contribution in [1.82, 2.24) is 24.6 Å². The molecule has 0 aliphatic carbocycles. The number of hydrogen-bond acceptors (Lipinski definition) is 8. The van der Waals surface area contributed by atoms with Gasteiger partial charge in [0.1, 0.15) is 22.7 Å². The average Bonchev–Trinajstić information content (AvgIpc) is 3.43. The third kappa shape index (κ3) is 8.46. The van der Waals surface area contributed by atoms with Gasteiger partial charge in [-0.15, -0.1) is 0 Å². The predicted molar refractivity (Wildman–Crippen MR) is 165 cm³/mol. The Bertz CT molecular complexity index is 1520. The molecule has 11 nitrogen and oxygen atoms in total. The van der Waals surface area contributed by atoms with Gasteiger partial charge in [-0.2, -0.15) is 18.3 Å². The monoisotopic (exact) mass is 646 g/mol. The summed E-state index contributed by atoms with van der Waals surface area (Å²) in [7, 11) is 1.45. The topological polar surface area (TPSA) is 111 Å². The first kappa shape index (κ1) is 33.5. The molecule has 2 aliphatic rings. The molecular weight excluding hydrogens is 605 g/mol. The second-order valence-corrected chi connectivity index (χ2v) is 12.7. The first-order valence-electron chi connectivity index (χ1n) is 15.5. The fourth-order valence-electron chi connectivity index (χ4n) is 5.72. The van der Waals surface area contributed by atoms with Gasteiger partial charge in [-0.05, 0) is 64.7 Å². The molecule has 3 aromatic rings. The second-order valence-electron chi connectivity index (χ2n) is 12.7. The van der Waals surface area contributed by atoms with Gasteiger partial charge in [0.2, 0.25) is 0 Å². The van der Waals surface area contributed by atoms with Crippen LogP contribution in [0.1, 0.15) is 68.7 Å². The largest absolute Gasteiger partial charge is 0.494 e. The first-order valence-corrected chi connectivity index (χ1v) is 15.5. The van der Waals surface area contributed by atoms with Gasteiger partial charge in [-0.3, -0.25) is 9.48 Å². The second kappa shape index (κ2) is 13.8. The Labute approximate surface area is 266 Å². The van der Waals surface area contributed by atoms with Crippen LogP contribution in [0.4, 0.5) is 23.7 Å². The third-order valence-corrected chi connectivity index (χ3v) is 8.15. The van der Waals surface area contributed by atoms with Crippen molar-refractivity contribution >= 4 is 28.6 Å². The summed E-state index contributed by atoms with van der Waals surface area (Å²) >= 11 is 0. The number of carbonyl (C=O) groups excluding carboxylic acids is 2. The highest BCUT2D eigenvalue weighted by Gasteiger charge is 2.33. The number of ether oxygens (including phenoxy) is 3. The van der Waals surface area contributed by atoms with Crippen LogP contribution in [0.15, 0.2) is 36.5 Å². The van der Waals surface area contributed by atoms with Crippen LogP contribution in [0.5, 0.6) is 5.75 Å². The number of likely N-dealkylation sites (tertiary alicyclic amines) is 2. The zero-order valence-electron chi connectivity index (χ0n) is 26.6. The van der Waals surface area contributed by atoms with Crippen LogP contribution in [-0.4, -0.2) is 94.7 Å². The zero-order valence-corrected chi connectivity index (χ0v) is 26.6. The van der Waals surface area contributed by atoms with E-state index in [0.29, 0.717) is 36.6 Å². The third-order valence-electron chi connectivity index (χ3n) is 8.15. The molecule has 0 atom stereocenters. The Balaban J connectivity index is 1.11. The fraction of sp³-hybridized carbons (Fsp3) is 0.562. The number of aromatic nitrogens is 3. The van der Waals surface area contributed by atoms with Crippen molar-refractivity contribution in [3.05, 3.63) is 47.9 Å². The molecule has 0 radical (unpaired) electrons. The molecule has 250 valence electrons. The van der Waals surface area contributed by atoms with Crippen LogP contribution >= 0.6 is 0 Å². The maximum absolute atomic E-state index is 13.1. The molecule has 0 saturated carbocycles. The predicted octanol–water partition coefficient (Wildman–Crippen LogP) is 5.76. The number of rotatable bonds is 8. The summed E-state index contributed by atoms with van der Waals surface area (Å²) in [6.45, 7) is 10.1. The highest BCUT2D eigenvalue weighted by atomic mass is 19.4. The minimum absolute atomic E-state index is 0.140. The van der Waals surface area contributed by atoms with Crippen LogP contribution in [0.2, 0.25) is 0 Å². The van der Waals surface area contributed by atoms with Crippen LogP contribution in [0.25, 0.3) is 10.9 Å². The van der Waals surface area contributed by atoms with E-state index in [0.717, 1.165) is 62.8 Å².